The molecule has 0 fully saturated rings. The fourth-order valence-electron chi connectivity index (χ4n) is 2.16. The van der Waals surface area contributed by atoms with Gasteiger partial charge in [0, 0.05) is 24.3 Å². The van der Waals surface area contributed by atoms with Gasteiger partial charge in [-0.3, -0.25) is 20.2 Å². The summed E-state index contributed by atoms with van der Waals surface area (Å²) in [4.78, 5) is 17.8. The van der Waals surface area contributed by atoms with Crippen LogP contribution in [0.2, 0.25) is 0 Å². The van der Waals surface area contributed by atoms with E-state index in [-0.39, 0.29) is 114 Å². The van der Waals surface area contributed by atoms with Crippen molar-refractivity contribution in [1.29, 1.82) is 0 Å². The molecule has 0 atom stereocenters. The minimum Gasteiger partial charge on any atom is -0.744 e. The Bertz CT molecular complexity index is 1130. The largest absolute Gasteiger partial charge is 1.00 e. The third-order valence-electron chi connectivity index (χ3n) is 3.40. The molecule has 2 aromatic rings. The van der Waals surface area contributed by atoms with E-state index in [1.165, 1.54) is 0 Å². The molecular weight excluding hydrogens is 498 g/mol. The summed E-state index contributed by atoms with van der Waals surface area (Å²) in [6, 6.07) is 4.77. The van der Waals surface area contributed by atoms with Crippen LogP contribution in [0, 0.1) is 20.2 Å². The summed E-state index contributed by atoms with van der Waals surface area (Å²) in [5.41, 5.74) is -1.95. The molecule has 30 heavy (non-hydrogen) atoms. The molecule has 0 spiro atoms. The number of nitro groups is 2. The monoisotopic (exact) mass is 506 g/mol. The van der Waals surface area contributed by atoms with Crippen molar-refractivity contribution in [3.05, 3.63) is 67.8 Å². The van der Waals surface area contributed by atoms with Gasteiger partial charge in [0.15, 0.2) is 0 Å². The van der Waals surface area contributed by atoms with E-state index in [9.17, 15) is 46.2 Å². The predicted octanol–water partition coefficient (Wildman–Crippen LogP) is -4.51. The second-order valence-electron chi connectivity index (χ2n) is 5.20. The molecule has 2 rings (SSSR count). The summed E-state index contributed by atoms with van der Waals surface area (Å²) >= 11 is 0. The van der Waals surface area contributed by atoms with Gasteiger partial charge in [-0.15, -0.1) is 0 Å². The van der Waals surface area contributed by atoms with Gasteiger partial charge in [-0.1, -0.05) is 12.2 Å². The summed E-state index contributed by atoms with van der Waals surface area (Å²) in [5, 5.41) is 21.5. The number of rotatable bonds is 6. The zero-order valence-corrected chi connectivity index (χ0v) is 23.3. The van der Waals surface area contributed by atoms with E-state index < -0.39 is 51.2 Å². The van der Waals surface area contributed by atoms with Crippen molar-refractivity contribution >= 4 is 43.8 Å². The first-order valence-electron chi connectivity index (χ1n) is 6.97. The van der Waals surface area contributed by atoms with Crippen LogP contribution in [0.4, 0.5) is 11.4 Å². The summed E-state index contributed by atoms with van der Waals surface area (Å²) < 4.78 is 68.1. The molecule has 0 aromatic heterocycles. The molecule has 16 heteroatoms. The number of hydrogen-bond acceptors (Lipinski definition) is 10. The normalized spacial score (nSPS) is 11.4. The first-order valence-corrected chi connectivity index (χ1v) is 9.79. The average Bonchev–Trinajstić information content (AvgIpc) is 2.57. The van der Waals surface area contributed by atoms with Gasteiger partial charge in [0.2, 0.25) is 0 Å². The van der Waals surface area contributed by atoms with Gasteiger partial charge in [-0.05, 0) is 23.3 Å². The maximum absolute atomic E-state index is 11.4. The SMILES string of the molecule is O=[N+]([O-])c1ccc(/C=C/c2ccc([N+](=O)[O-])cc2S(=O)(=O)[O-])c(S(=O)(=O)[O-])c1.[K+].[K+]. The Hall–Kier alpha value is 0.0727. The predicted molar refractivity (Wildman–Crippen MR) is 91.0 cm³/mol. The topological polar surface area (TPSA) is 201 Å². The van der Waals surface area contributed by atoms with Crippen LogP contribution in [0.1, 0.15) is 11.1 Å². The Balaban J connectivity index is 0.00000420. The minimum absolute atomic E-state index is 0. The number of hydrogen-bond donors (Lipinski definition) is 0. The van der Waals surface area contributed by atoms with E-state index in [0.29, 0.717) is 12.1 Å². The quantitative estimate of drug-likeness (QED) is 0.121. The Morgan fingerprint density at radius 1 is 0.667 bits per heavy atom. The summed E-state index contributed by atoms with van der Waals surface area (Å²) in [6.07, 6.45) is 1.87. The van der Waals surface area contributed by atoms with Crippen molar-refractivity contribution in [3.63, 3.8) is 0 Å². The second kappa shape index (κ2) is 11.8. The van der Waals surface area contributed by atoms with Crippen LogP contribution in [-0.2, 0) is 20.2 Å². The van der Waals surface area contributed by atoms with Gasteiger partial charge in [-0.25, -0.2) is 16.8 Å². The molecule has 0 bridgehead atoms. The molecule has 0 unspecified atom stereocenters. The third kappa shape index (κ3) is 7.89. The van der Waals surface area contributed by atoms with Gasteiger partial charge < -0.3 is 9.11 Å². The van der Waals surface area contributed by atoms with Gasteiger partial charge in [0.25, 0.3) is 11.4 Å². The molecule has 2 aromatic carbocycles. The van der Waals surface area contributed by atoms with E-state index >= 15 is 0 Å². The molecule has 0 N–H and O–H groups in total. The van der Waals surface area contributed by atoms with Crippen molar-refractivity contribution < 1.29 is 139 Å². The Morgan fingerprint density at radius 2 is 0.967 bits per heavy atom. The van der Waals surface area contributed by atoms with Crippen molar-refractivity contribution in [3.8, 4) is 0 Å². The van der Waals surface area contributed by atoms with Gasteiger partial charge in [0.05, 0.1) is 19.6 Å². The molecule has 0 aliphatic heterocycles. The zero-order valence-electron chi connectivity index (χ0n) is 15.4. The van der Waals surface area contributed by atoms with Crippen molar-refractivity contribution in [2.24, 2.45) is 0 Å². The molecule has 0 aliphatic rings. The van der Waals surface area contributed by atoms with Crippen molar-refractivity contribution in [2.75, 3.05) is 0 Å². The zero-order chi connectivity index (χ0) is 21.3. The maximum Gasteiger partial charge on any atom is 1.00 e. The van der Waals surface area contributed by atoms with Crippen LogP contribution in [0.5, 0.6) is 0 Å². The standard InChI is InChI=1S/C14H10N2O10S2.2K/c17-15(18)11-5-3-9(13(7-11)27(21,22)23)1-2-10-4-6-12(16(19)20)8-14(10)28(24,25)26;;/h1-8H,(H,21,22,23)(H,24,25,26);;/q;2*+1/p-2/b2-1+;;. The molecule has 0 amide bonds. The number of nitro benzene ring substituents is 2. The van der Waals surface area contributed by atoms with Crippen LogP contribution >= 0.6 is 0 Å². The average molecular weight is 507 g/mol. The third-order valence-corrected chi connectivity index (χ3v) is 5.18. The van der Waals surface area contributed by atoms with Crippen LogP contribution in [0.3, 0.4) is 0 Å². The fourth-order valence-corrected chi connectivity index (χ4v) is 3.54. The molecule has 0 saturated heterocycles. The van der Waals surface area contributed by atoms with Crippen molar-refractivity contribution in [1.82, 2.24) is 0 Å². The van der Waals surface area contributed by atoms with Crippen LogP contribution in [0.15, 0.2) is 46.2 Å². The van der Waals surface area contributed by atoms with Crippen LogP contribution in [0.25, 0.3) is 12.2 Å². The molecule has 0 saturated carbocycles. The smallest absolute Gasteiger partial charge is 0.744 e. The van der Waals surface area contributed by atoms with Gasteiger partial charge in [0.1, 0.15) is 20.2 Å². The maximum atomic E-state index is 11.4. The molecule has 0 aliphatic carbocycles. The first kappa shape index (κ1) is 30.1. The molecule has 0 radical (unpaired) electrons. The van der Waals surface area contributed by atoms with Crippen LogP contribution < -0.4 is 103 Å². The molecular formula is C14H8K2N2O10S2. The first-order chi connectivity index (χ1) is 12.8. The number of non-ortho nitro benzene ring substituents is 2. The van der Waals surface area contributed by atoms with Crippen LogP contribution in [-0.4, -0.2) is 35.8 Å². The minimum atomic E-state index is -5.13. The molecule has 0 heterocycles. The Kier molecular flexibility index (Phi) is 11.8. The summed E-state index contributed by atoms with van der Waals surface area (Å²) in [5.74, 6) is 0. The molecule has 12 nitrogen and oxygen atoms in total. The van der Waals surface area contributed by atoms with E-state index in [1.54, 1.807) is 0 Å². The van der Waals surface area contributed by atoms with Gasteiger partial charge >= 0.3 is 103 Å². The van der Waals surface area contributed by atoms with E-state index in [4.69, 9.17) is 0 Å². The van der Waals surface area contributed by atoms with E-state index in [2.05, 4.69) is 0 Å². The summed E-state index contributed by atoms with van der Waals surface area (Å²) in [6.45, 7) is 0. The summed E-state index contributed by atoms with van der Waals surface area (Å²) in [7, 11) is -10.3. The fraction of sp³-hybridized carbons (Fsp3) is 0. The van der Waals surface area contributed by atoms with E-state index in [1.807, 2.05) is 0 Å². The van der Waals surface area contributed by atoms with E-state index in [0.717, 1.165) is 36.4 Å². The number of benzene rings is 2. The van der Waals surface area contributed by atoms with Crippen molar-refractivity contribution in [2.45, 2.75) is 9.79 Å². The second-order valence-corrected chi connectivity index (χ2v) is 7.90. The molecule has 148 valence electrons. The van der Waals surface area contributed by atoms with Gasteiger partial charge in [-0.2, -0.15) is 0 Å². The number of nitrogens with zero attached hydrogens (tertiary/aromatic N) is 2. The Morgan fingerprint density at radius 3 is 1.20 bits per heavy atom. The Labute approximate surface area is 255 Å².